The van der Waals surface area contributed by atoms with Crippen molar-refractivity contribution in [3.63, 3.8) is 0 Å². The minimum Gasteiger partial charge on any atom is -0.493 e. The summed E-state index contributed by atoms with van der Waals surface area (Å²) < 4.78 is 17.0. The summed E-state index contributed by atoms with van der Waals surface area (Å²) in [4.78, 5) is 12.3. The monoisotopic (exact) mass is 442 g/mol. The van der Waals surface area contributed by atoms with Crippen LogP contribution in [0.25, 0.3) is 0 Å². The van der Waals surface area contributed by atoms with Crippen molar-refractivity contribution >= 4 is 39.2 Å². The number of esters is 1. The first-order chi connectivity index (χ1) is 12.4. The Morgan fingerprint density at radius 2 is 2.04 bits per heavy atom. The van der Waals surface area contributed by atoms with E-state index in [2.05, 4.69) is 33.5 Å². The van der Waals surface area contributed by atoms with Crippen molar-refractivity contribution in [2.75, 3.05) is 20.8 Å². The van der Waals surface area contributed by atoms with E-state index in [1.165, 1.54) is 7.11 Å². The number of hydrogen-bond acceptors (Lipinski definition) is 5. The first kappa shape index (κ1) is 20.5. The minimum absolute atomic E-state index is 0.427. The van der Waals surface area contributed by atoms with E-state index in [1.807, 2.05) is 12.1 Å². The second-order valence-electron chi connectivity index (χ2n) is 5.79. The van der Waals surface area contributed by atoms with Gasteiger partial charge in [-0.15, -0.1) is 0 Å². The van der Waals surface area contributed by atoms with Crippen molar-refractivity contribution in [1.82, 2.24) is 10.6 Å². The topological polar surface area (TPSA) is 68.8 Å². The fraction of sp³-hybridized carbons (Fsp3) is 0.444. The number of allylic oxidation sites excluding steroid dienone is 1. The normalized spacial score (nSPS) is 16.7. The Morgan fingerprint density at radius 1 is 1.31 bits per heavy atom. The zero-order valence-electron chi connectivity index (χ0n) is 15.3. The zero-order valence-corrected chi connectivity index (χ0v) is 17.7. The summed E-state index contributed by atoms with van der Waals surface area (Å²) >= 11 is 8.84. The number of methoxy groups -OCH3 is 2. The maximum Gasteiger partial charge on any atom is 0.337 e. The Bertz CT molecular complexity index is 736. The van der Waals surface area contributed by atoms with Crippen molar-refractivity contribution < 1.29 is 19.0 Å². The van der Waals surface area contributed by atoms with Crippen LogP contribution in [0.3, 0.4) is 0 Å². The molecule has 0 saturated heterocycles. The highest BCUT2D eigenvalue weighted by molar-refractivity contribution is 9.10. The van der Waals surface area contributed by atoms with Crippen LogP contribution in [0.15, 0.2) is 27.9 Å². The number of thiocarbonyl (C=S) groups is 1. The van der Waals surface area contributed by atoms with E-state index >= 15 is 0 Å². The Balaban J connectivity index is 2.47. The molecule has 1 aliphatic heterocycles. The fourth-order valence-electron chi connectivity index (χ4n) is 2.68. The Hall–Kier alpha value is -1.80. The molecule has 1 aliphatic rings. The highest BCUT2D eigenvalue weighted by atomic mass is 79.9. The predicted molar refractivity (Wildman–Crippen MR) is 107 cm³/mol. The molecule has 142 valence electrons. The molecule has 1 heterocycles. The molecule has 0 aromatic heterocycles. The van der Waals surface area contributed by atoms with Gasteiger partial charge >= 0.3 is 5.97 Å². The molecule has 0 bridgehead atoms. The molecule has 8 heteroatoms. The van der Waals surface area contributed by atoms with Crippen molar-refractivity contribution in [3.8, 4) is 11.5 Å². The van der Waals surface area contributed by atoms with Crippen LogP contribution in [-0.2, 0) is 9.53 Å². The minimum atomic E-state index is -0.468. The molecule has 1 aromatic carbocycles. The fourth-order valence-corrected chi connectivity index (χ4v) is 3.50. The second-order valence-corrected chi connectivity index (χ2v) is 7.05. The summed E-state index contributed by atoms with van der Waals surface area (Å²) in [6.07, 6.45) is 2.01. The smallest absolute Gasteiger partial charge is 0.337 e. The summed E-state index contributed by atoms with van der Waals surface area (Å²) in [6.45, 7) is 4.51. The van der Waals surface area contributed by atoms with Crippen LogP contribution in [0.2, 0.25) is 0 Å². The van der Waals surface area contributed by atoms with Gasteiger partial charge in [0.05, 0.1) is 32.4 Å². The summed E-state index contributed by atoms with van der Waals surface area (Å²) in [5.41, 5.74) is 1.91. The first-order valence-corrected chi connectivity index (χ1v) is 9.49. The highest BCUT2D eigenvalue weighted by Gasteiger charge is 2.32. The quantitative estimate of drug-likeness (QED) is 0.379. The van der Waals surface area contributed by atoms with Crippen LogP contribution in [0.1, 0.15) is 38.3 Å². The number of ether oxygens (including phenoxy) is 3. The van der Waals surface area contributed by atoms with Crippen LogP contribution >= 0.6 is 28.1 Å². The standard InChI is InChI=1S/C18H23BrN2O4S/c1-5-6-7-25-14-9-12(19)11(8-13(14)23-3)16-15(17(22)24-4)10(2)20-18(26)21-16/h8-9,16H,5-7H2,1-4H3,(H2,20,21,26). The molecule has 1 aromatic rings. The van der Waals surface area contributed by atoms with Gasteiger partial charge in [0.1, 0.15) is 0 Å². The largest absolute Gasteiger partial charge is 0.493 e. The van der Waals surface area contributed by atoms with Gasteiger partial charge in [-0.3, -0.25) is 0 Å². The third kappa shape index (κ3) is 4.48. The van der Waals surface area contributed by atoms with Crippen LogP contribution in [0.5, 0.6) is 11.5 Å². The van der Waals surface area contributed by atoms with Gasteiger partial charge in [-0.2, -0.15) is 0 Å². The van der Waals surface area contributed by atoms with Gasteiger partial charge in [0.15, 0.2) is 16.6 Å². The molecule has 0 aliphatic carbocycles. The van der Waals surface area contributed by atoms with Gasteiger partial charge in [0.25, 0.3) is 0 Å². The highest BCUT2D eigenvalue weighted by Crippen LogP contribution is 2.39. The number of halogens is 1. The molecule has 0 saturated carbocycles. The Morgan fingerprint density at radius 3 is 2.65 bits per heavy atom. The zero-order chi connectivity index (χ0) is 19.3. The molecule has 6 nitrogen and oxygen atoms in total. The molecule has 1 atom stereocenters. The third-order valence-electron chi connectivity index (χ3n) is 4.02. The molecule has 1 unspecified atom stereocenters. The average Bonchev–Trinajstić information content (AvgIpc) is 2.61. The van der Waals surface area contributed by atoms with Crippen molar-refractivity contribution in [1.29, 1.82) is 0 Å². The Labute approximate surface area is 167 Å². The molecule has 0 spiro atoms. The van der Waals surface area contributed by atoms with Crippen LogP contribution < -0.4 is 20.1 Å². The number of carbonyl (C=O) groups is 1. The molecule has 0 fully saturated rings. The lowest BCUT2D eigenvalue weighted by Crippen LogP contribution is -2.45. The van der Waals surface area contributed by atoms with Gasteiger partial charge in [-0.25, -0.2) is 4.79 Å². The van der Waals surface area contributed by atoms with Crippen LogP contribution in [-0.4, -0.2) is 31.9 Å². The summed E-state index contributed by atoms with van der Waals surface area (Å²) in [5, 5.41) is 6.53. The van der Waals surface area contributed by atoms with E-state index in [4.69, 9.17) is 26.4 Å². The van der Waals surface area contributed by atoms with Gasteiger partial charge in [-0.05, 0) is 43.3 Å². The third-order valence-corrected chi connectivity index (χ3v) is 4.93. The van der Waals surface area contributed by atoms with Gasteiger partial charge in [-0.1, -0.05) is 29.3 Å². The number of rotatable bonds is 7. The second kappa shape index (κ2) is 9.23. The van der Waals surface area contributed by atoms with E-state index in [0.717, 1.165) is 22.9 Å². The van der Waals surface area contributed by atoms with Crippen LogP contribution in [0, 0.1) is 0 Å². The maximum absolute atomic E-state index is 12.3. The lowest BCUT2D eigenvalue weighted by molar-refractivity contribution is -0.136. The molecule has 26 heavy (non-hydrogen) atoms. The summed E-state index contributed by atoms with van der Waals surface area (Å²) in [6, 6.07) is 3.22. The Kier molecular flexibility index (Phi) is 7.28. The van der Waals surface area contributed by atoms with E-state index in [9.17, 15) is 4.79 Å². The molecular weight excluding hydrogens is 420 g/mol. The molecule has 2 rings (SSSR count). The number of nitrogens with one attached hydrogen (secondary N) is 2. The van der Waals surface area contributed by atoms with E-state index in [0.29, 0.717) is 34.5 Å². The number of hydrogen-bond donors (Lipinski definition) is 2. The summed E-state index contributed by atoms with van der Waals surface area (Å²) in [7, 11) is 2.94. The molecule has 0 amide bonds. The predicted octanol–water partition coefficient (Wildman–Crippen LogP) is 3.60. The van der Waals surface area contributed by atoms with Gasteiger partial charge < -0.3 is 24.8 Å². The molecular formula is C18H23BrN2O4S. The maximum atomic E-state index is 12.3. The number of carbonyl (C=O) groups excluding carboxylic acids is 1. The van der Waals surface area contributed by atoms with E-state index in [1.54, 1.807) is 14.0 Å². The first-order valence-electron chi connectivity index (χ1n) is 8.29. The molecule has 2 N–H and O–H groups in total. The van der Waals surface area contributed by atoms with Crippen LogP contribution in [0.4, 0.5) is 0 Å². The van der Waals surface area contributed by atoms with Crippen molar-refractivity contribution in [2.24, 2.45) is 0 Å². The lowest BCUT2D eigenvalue weighted by atomic mass is 9.95. The van der Waals surface area contributed by atoms with Gasteiger partial charge in [0.2, 0.25) is 0 Å². The summed E-state index contributed by atoms with van der Waals surface area (Å²) in [5.74, 6) is 0.810. The lowest BCUT2D eigenvalue weighted by Gasteiger charge is -2.30. The SMILES string of the molecule is CCCCOc1cc(Br)c(C2NC(=S)NC(C)=C2C(=O)OC)cc1OC. The van der Waals surface area contributed by atoms with Crippen molar-refractivity contribution in [2.45, 2.75) is 32.7 Å². The van der Waals surface area contributed by atoms with E-state index < -0.39 is 12.0 Å². The van der Waals surface area contributed by atoms with Gasteiger partial charge in [0, 0.05) is 10.2 Å². The molecule has 0 radical (unpaired) electrons. The number of benzene rings is 1. The number of unbranched alkanes of at least 4 members (excludes halogenated alkanes) is 1. The van der Waals surface area contributed by atoms with Crippen molar-refractivity contribution in [3.05, 3.63) is 33.4 Å². The average molecular weight is 443 g/mol. The van der Waals surface area contributed by atoms with E-state index in [-0.39, 0.29) is 0 Å².